The number of halogens is 7. The third kappa shape index (κ3) is 11.1. The fourth-order valence-electron chi connectivity index (χ4n) is 5.77. The van der Waals surface area contributed by atoms with E-state index in [0.717, 1.165) is 24.7 Å². The number of aliphatic hydroxyl groups excluding tert-OH is 1. The Bertz CT molecular complexity index is 1920. The van der Waals surface area contributed by atoms with Crippen molar-refractivity contribution in [2.75, 3.05) is 6.61 Å². The number of carbonyl (C=O) groups is 1. The van der Waals surface area contributed by atoms with Crippen LogP contribution in [0.15, 0.2) is 72.8 Å². The molecule has 0 aliphatic carbocycles. The van der Waals surface area contributed by atoms with Crippen LogP contribution in [-0.4, -0.2) is 23.8 Å². The topological polar surface area (TPSA) is 69.6 Å². The zero-order chi connectivity index (χ0) is 37.6. The standard InChI is InChI=1S/C26H38IO2.C15H4F6O2/c1-2-3-4-5-6-7-8-9-10-14-17-25(28)22-29-26-20-18-24(19-21-26)27-23-15-12-11-13-16-23;16-6-2-1-4-3-5-8(11(18)7(4)10(6)17)12(19)14(21)13(20)9(5)15(22)23/h11-13,15-16,18-21,25,28H,2-10,14,17,22H2,1H3;1-3H,(H,22,23)/q+1;/p-1. The first kappa shape index (κ1) is 40.9. The Morgan fingerprint density at radius 1 is 0.692 bits per heavy atom. The van der Waals surface area contributed by atoms with Gasteiger partial charge >= 0.3 is 21.2 Å². The first-order valence-corrected chi connectivity index (χ1v) is 19.6. The van der Waals surface area contributed by atoms with Gasteiger partial charge in [-0.3, -0.25) is 0 Å². The van der Waals surface area contributed by atoms with E-state index < -0.39 is 62.6 Å². The quantitative estimate of drug-likeness (QED) is 0.0359. The van der Waals surface area contributed by atoms with Crippen LogP contribution in [0.1, 0.15) is 87.9 Å². The number of fused-ring (bicyclic) bond motifs is 2. The highest BCUT2D eigenvalue weighted by molar-refractivity contribution is 6.08. The Labute approximate surface area is 310 Å². The SMILES string of the molecule is CCCCCCCCCCCCC(O)COc1ccc([I+]c2ccccc2)cc1.O=C([O-])c1c(F)c(F)c(F)c2c(F)c3c(F)c(F)ccc3cc12. The Balaban J connectivity index is 0.000000238. The molecule has 52 heavy (non-hydrogen) atoms. The molecule has 0 aliphatic heterocycles. The summed E-state index contributed by atoms with van der Waals surface area (Å²) in [5, 5.41) is 17.6. The Morgan fingerprint density at radius 2 is 1.29 bits per heavy atom. The molecule has 0 amide bonds. The van der Waals surface area contributed by atoms with E-state index in [1.807, 2.05) is 12.1 Å². The lowest BCUT2D eigenvalue weighted by molar-refractivity contribution is -0.597. The summed E-state index contributed by atoms with van der Waals surface area (Å²) < 4.78 is 90.8. The van der Waals surface area contributed by atoms with Gasteiger partial charge in [0.05, 0.1) is 22.8 Å². The van der Waals surface area contributed by atoms with Crippen LogP contribution in [-0.2, 0) is 0 Å². The Hall–Kier alpha value is -3.84. The largest absolute Gasteiger partial charge is 0.545 e. The van der Waals surface area contributed by atoms with Gasteiger partial charge in [-0.15, -0.1) is 0 Å². The van der Waals surface area contributed by atoms with E-state index in [-0.39, 0.29) is 32.7 Å². The molecule has 0 aromatic heterocycles. The van der Waals surface area contributed by atoms with Crippen molar-refractivity contribution in [1.29, 1.82) is 0 Å². The summed E-state index contributed by atoms with van der Waals surface area (Å²) in [5.74, 6) is -12.6. The van der Waals surface area contributed by atoms with Crippen molar-refractivity contribution in [3.63, 3.8) is 0 Å². The van der Waals surface area contributed by atoms with Crippen LogP contribution >= 0.6 is 0 Å². The van der Waals surface area contributed by atoms with Gasteiger partial charge in [0, 0.05) is 10.9 Å². The second-order valence-electron chi connectivity index (χ2n) is 12.5. The summed E-state index contributed by atoms with van der Waals surface area (Å²) in [5.41, 5.74) is -1.41. The average Bonchev–Trinajstić information content (AvgIpc) is 3.13. The van der Waals surface area contributed by atoms with Gasteiger partial charge in [0.15, 0.2) is 36.2 Å². The smallest absolute Gasteiger partial charge is 0.357 e. The fourth-order valence-corrected chi connectivity index (χ4v) is 7.98. The maximum absolute atomic E-state index is 14.4. The summed E-state index contributed by atoms with van der Waals surface area (Å²) in [6.07, 6.45) is 13.7. The molecule has 0 spiro atoms. The number of hydrogen-bond donors (Lipinski definition) is 1. The summed E-state index contributed by atoms with van der Waals surface area (Å²) in [4.78, 5) is 11.0. The number of unbranched alkanes of at least 4 members (excludes halogenated alkanes) is 9. The number of rotatable bonds is 17. The first-order chi connectivity index (χ1) is 25.0. The number of aliphatic hydroxyl groups is 1. The van der Waals surface area contributed by atoms with Gasteiger partial charge in [-0.2, -0.15) is 0 Å². The highest BCUT2D eigenvalue weighted by atomic mass is 127. The third-order valence-corrected chi connectivity index (χ3v) is 11.2. The molecule has 5 rings (SSSR count). The van der Waals surface area contributed by atoms with Crippen molar-refractivity contribution < 1.29 is 67.3 Å². The van der Waals surface area contributed by atoms with E-state index >= 15 is 0 Å². The second-order valence-corrected chi connectivity index (χ2v) is 15.5. The molecule has 278 valence electrons. The summed E-state index contributed by atoms with van der Waals surface area (Å²) in [6, 6.07) is 21.3. The van der Waals surface area contributed by atoms with E-state index in [2.05, 4.69) is 49.4 Å². The lowest BCUT2D eigenvalue weighted by atomic mass is 9.97. The average molecular weight is 839 g/mol. The fraction of sp³-hybridized carbons (Fsp3) is 0.341. The van der Waals surface area contributed by atoms with Crippen LogP contribution < -0.4 is 31.0 Å². The number of carbonyl (C=O) groups excluding carboxylic acids is 1. The maximum atomic E-state index is 14.4. The number of ether oxygens (including phenoxy) is 1. The van der Waals surface area contributed by atoms with Gasteiger partial charge in [-0.1, -0.05) is 95.4 Å². The summed E-state index contributed by atoms with van der Waals surface area (Å²) in [7, 11) is 0. The number of carboxylic acids is 1. The minimum Gasteiger partial charge on any atom is -0.545 e. The van der Waals surface area contributed by atoms with Gasteiger partial charge in [0.1, 0.15) is 18.2 Å². The number of carboxylic acid groups (broad SMARTS) is 1. The number of benzene rings is 5. The van der Waals surface area contributed by atoms with Crippen LogP contribution in [0.3, 0.4) is 0 Å². The van der Waals surface area contributed by atoms with Gasteiger partial charge in [-0.05, 0) is 60.3 Å². The van der Waals surface area contributed by atoms with E-state index in [4.69, 9.17) is 4.74 Å². The predicted octanol–water partition coefficient (Wildman–Crippen LogP) is 7.06. The zero-order valence-corrected chi connectivity index (χ0v) is 31.0. The summed E-state index contributed by atoms with van der Waals surface area (Å²) >= 11 is -0.131. The molecule has 1 N–H and O–H groups in total. The van der Waals surface area contributed by atoms with Crippen molar-refractivity contribution in [2.24, 2.45) is 0 Å². The predicted molar refractivity (Wildman–Crippen MR) is 184 cm³/mol. The molecule has 5 aromatic rings. The van der Waals surface area contributed by atoms with Crippen LogP contribution in [0.25, 0.3) is 21.5 Å². The number of aromatic carboxylic acids is 1. The highest BCUT2D eigenvalue weighted by Gasteiger charge is 2.26. The molecule has 5 aromatic carbocycles. The minimum absolute atomic E-state index is 0.131. The van der Waals surface area contributed by atoms with Crippen molar-refractivity contribution >= 4 is 27.5 Å². The molecule has 0 heterocycles. The zero-order valence-electron chi connectivity index (χ0n) is 28.8. The van der Waals surface area contributed by atoms with Crippen molar-refractivity contribution in [2.45, 2.75) is 83.7 Å². The van der Waals surface area contributed by atoms with Crippen LogP contribution in [0, 0.1) is 42.0 Å². The Kier molecular flexibility index (Phi) is 16.1. The van der Waals surface area contributed by atoms with Crippen molar-refractivity contribution in [1.82, 2.24) is 0 Å². The molecule has 1 unspecified atom stereocenters. The molecule has 0 aliphatic rings. The molecule has 11 heteroatoms. The highest BCUT2D eigenvalue weighted by Crippen LogP contribution is 2.35. The molecule has 0 fully saturated rings. The molecule has 0 saturated carbocycles. The van der Waals surface area contributed by atoms with Crippen molar-refractivity contribution in [3.8, 4) is 5.75 Å². The number of hydrogen-bond acceptors (Lipinski definition) is 4. The van der Waals surface area contributed by atoms with Crippen LogP contribution in [0.2, 0.25) is 0 Å². The summed E-state index contributed by atoms with van der Waals surface area (Å²) in [6.45, 7) is 2.66. The van der Waals surface area contributed by atoms with Gasteiger partial charge in [0.25, 0.3) is 0 Å². The maximum Gasteiger partial charge on any atom is 0.357 e. The van der Waals surface area contributed by atoms with Gasteiger partial charge in [0.2, 0.25) is 0 Å². The van der Waals surface area contributed by atoms with E-state index in [1.165, 1.54) is 64.9 Å². The van der Waals surface area contributed by atoms with Crippen LogP contribution in [0.5, 0.6) is 5.75 Å². The molecule has 4 nitrogen and oxygen atoms in total. The monoisotopic (exact) mass is 838 g/mol. The lowest BCUT2D eigenvalue weighted by Crippen LogP contribution is -3.61. The molecule has 0 radical (unpaired) electrons. The molecule has 1 atom stereocenters. The van der Waals surface area contributed by atoms with E-state index in [1.54, 1.807) is 0 Å². The second kappa shape index (κ2) is 20.4. The third-order valence-electron chi connectivity index (χ3n) is 8.53. The van der Waals surface area contributed by atoms with Gasteiger partial charge < -0.3 is 19.7 Å². The van der Waals surface area contributed by atoms with E-state index in [0.29, 0.717) is 18.7 Å². The van der Waals surface area contributed by atoms with E-state index in [9.17, 15) is 41.4 Å². The van der Waals surface area contributed by atoms with Crippen molar-refractivity contribution in [3.05, 3.63) is 120 Å². The normalized spacial score (nSPS) is 11.8. The molecule has 0 bridgehead atoms. The Morgan fingerprint density at radius 3 is 1.90 bits per heavy atom. The minimum atomic E-state index is -2.26. The molecular formula is C41H41F6IO4. The van der Waals surface area contributed by atoms with Gasteiger partial charge in [-0.25, -0.2) is 26.3 Å². The molecule has 0 saturated heterocycles. The lowest BCUT2D eigenvalue weighted by Gasteiger charge is -2.14. The van der Waals surface area contributed by atoms with Crippen LogP contribution in [0.4, 0.5) is 26.3 Å². The molecular weight excluding hydrogens is 797 g/mol. The first-order valence-electron chi connectivity index (χ1n) is 17.4.